The minimum atomic E-state index is 0.0269. The molecule has 1 aliphatic heterocycles. The van der Waals surface area contributed by atoms with Crippen LogP contribution in [0.4, 0.5) is 5.82 Å². The molecule has 0 aliphatic carbocycles. The average Bonchev–Trinajstić information content (AvgIpc) is 2.63. The second-order valence-electron chi connectivity index (χ2n) is 4.67. The minimum absolute atomic E-state index is 0.0269. The summed E-state index contributed by atoms with van der Waals surface area (Å²) in [5.41, 5.74) is 6.25. The maximum atomic E-state index is 9.52. The highest BCUT2D eigenvalue weighted by Gasteiger charge is 2.24. The molecular weight excluding hydrogens is 228 g/mol. The average molecular weight is 248 g/mol. The quantitative estimate of drug-likeness (QED) is 0.552. The number of pyridine rings is 1. The summed E-state index contributed by atoms with van der Waals surface area (Å²) in [6.45, 7) is 0.983. The molecule has 0 spiro atoms. The molecule has 0 amide bonds. The monoisotopic (exact) mass is 248 g/mol. The van der Waals surface area contributed by atoms with Crippen molar-refractivity contribution < 1.29 is 5.11 Å². The first-order valence-electron chi connectivity index (χ1n) is 6.41. The van der Waals surface area contributed by atoms with Crippen LogP contribution in [0.2, 0.25) is 0 Å². The van der Waals surface area contributed by atoms with E-state index in [-0.39, 0.29) is 18.5 Å². The molecule has 1 unspecified atom stereocenters. The van der Waals surface area contributed by atoms with Gasteiger partial charge in [0.2, 0.25) is 0 Å². The van der Waals surface area contributed by atoms with Crippen molar-refractivity contribution >= 4 is 11.7 Å². The van der Waals surface area contributed by atoms with Crippen LogP contribution in [0.25, 0.3) is 0 Å². The molecule has 0 bridgehead atoms. The van der Waals surface area contributed by atoms with E-state index >= 15 is 0 Å². The zero-order valence-electron chi connectivity index (χ0n) is 10.5. The zero-order chi connectivity index (χ0) is 13.0. The Labute approximate surface area is 107 Å². The van der Waals surface area contributed by atoms with Gasteiger partial charge in [-0.25, -0.2) is 4.98 Å². The van der Waals surface area contributed by atoms with E-state index in [1.165, 1.54) is 6.42 Å². The Balaban J connectivity index is 2.35. The van der Waals surface area contributed by atoms with Crippen LogP contribution in [0.3, 0.4) is 0 Å². The van der Waals surface area contributed by atoms with Crippen LogP contribution in [0, 0.1) is 5.41 Å². The first kappa shape index (κ1) is 12.8. The van der Waals surface area contributed by atoms with Gasteiger partial charge < -0.3 is 15.7 Å². The van der Waals surface area contributed by atoms with Gasteiger partial charge in [0.1, 0.15) is 11.7 Å². The van der Waals surface area contributed by atoms with Gasteiger partial charge in [-0.15, -0.1) is 0 Å². The Morgan fingerprint density at radius 1 is 1.50 bits per heavy atom. The summed E-state index contributed by atoms with van der Waals surface area (Å²) in [4.78, 5) is 6.46. The molecule has 4 N–H and O–H groups in total. The number of amidine groups is 1. The number of aromatic nitrogens is 1. The molecule has 5 heteroatoms. The maximum absolute atomic E-state index is 9.52. The fourth-order valence-electron chi connectivity index (χ4n) is 2.48. The third-order valence-electron chi connectivity index (χ3n) is 3.44. The second kappa shape index (κ2) is 5.82. The van der Waals surface area contributed by atoms with E-state index in [0.717, 1.165) is 31.6 Å². The maximum Gasteiger partial charge on any atom is 0.139 e. The first-order chi connectivity index (χ1) is 8.74. The lowest BCUT2D eigenvalue weighted by atomic mass is 10.1. The van der Waals surface area contributed by atoms with E-state index in [1.807, 2.05) is 6.07 Å². The number of nitrogen functional groups attached to an aromatic ring is 1. The number of hydrogen-bond acceptors (Lipinski definition) is 4. The molecule has 0 saturated carbocycles. The number of nitrogens with two attached hydrogens (primary N) is 1. The Morgan fingerprint density at radius 2 is 2.33 bits per heavy atom. The summed E-state index contributed by atoms with van der Waals surface area (Å²) in [7, 11) is 0. The molecule has 1 aromatic rings. The van der Waals surface area contributed by atoms with Crippen molar-refractivity contribution in [1.29, 1.82) is 5.41 Å². The van der Waals surface area contributed by atoms with Crippen molar-refractivity contribution in [3.05, 3.63) is 23.9 Å². The fraction of sp³-hybridized carbons (Fsp3) is 0.538. The van der Waals surface area contributed by atoms with E-state index in [1.54, 1.807) is 12.3 Å². The standard InChI is InChI=1S/C13H20N4O/c14-12(15)11-6-4-7-16-13(11)17-8-3-1-2-5-10(17)9-18/h4,6-7,10,18H,1-3,5,8-9H2,(H3,14,15). The summed E-state index contributed by atoms with van der Waals surface area (Å²) in [6, 6.07) is 3.68. The Hall–Kier alpha value is -1.62. The molecule has 2 heterocycles. The molecule has 0 aromatic carbocycles. The van der Waals surface area contributed by atoms with E-state index in [4.69, 9.17) is 11.1 Å². The van der Waals surface area contributed by atoms with Crippen LogP contribution in [0.1, 0.15) is 31.2 Å². The molecule has 1 aliphatic rings. The lowest BCUT2D eigenvalue weighted by Gasteiger charge is -2.31. The van der Waals surface area contributed by atoms with Gasteiger partial charge in [0.05, 0.1) is 18.2 Å². The van der Waals surface area contributed by atoms with Crippen molar-refractivity contribution in [3.63, 3.8) is 0 Å². The summed E-state index contributed by atoms with van der Waals surface area (Å²) in [5.74, 6) is 0.755. The van der Waals surface area contributed by atoms with Crippen LogP contribution in [0.15, 0.2) is 18.3 Å². The van der Waals surface area contributed by atoms with E-state index < -0.39 is 0 Å². The van der Waals surface area contributed by atoms with Gasteiger partial charge >= 0.3 is 0 Å². The highest BCUT2D eigenvalue weighted by Crippen LogP contribution is 2.25. The molecule has 1 aromatic heterocycles. The van der Waals surface area contributed by atoms with Crippen LogP contribution in [-0.4, -0.2) is 35.1 Å². The summed E-state index contributed by atoms with van der Waals surface area (Å²) >= 11 is 0. The number of aliphatic hydroxyl groups excluding tert-OH is 1. The van der Waals surface area contributed by atoms with Crippen LogP contribution in [-0.2, 0) is 0 Å². The van der Waals surface area contributed by atoms with Gasteiger partial charge in [-0.2, -0.15) is 0 Å². The van der Waals surface area contributed by atoms with Crippen molar-refractivity contribution in [2.24, 2.45) is 5.73 Å². The Morgan fingerprint density at radius 3 is 3.06 bits per heavy atom. The summed E-state index contributed by atoms with van der Waals surface area (Å²) in [5, 5.41) is 17.1. The van der Waals surface area contributed by atoms with Gasteiger partial charge in [-0.05, 0) is 25.0 Å². The van der Waals surface area contributed by atoms with Gasteiger partial charge in [0, 0.05) is 12.7 Å². The number of anilines is 1. The first-order valence-corrected chi connectivity index (χ1v) is 6.41. The number of nitrogens with one attached hydrogen (secondary N) is 1. The minimum Gasteiger partial charge on any atom is -0.394 e. The van der Waals surface area contributed by atoms with Gasteiger partial charge in [0.15, 0.2) is 0 Å². The molecule has 5 nitrogen and oxygen atoms in total. The van der Waals surface area contributed by atoms with Crippen molar-refractivity contribution in [2.45, 2.75) is 31.7 Å². The number of hydrogen-bond donors (Lipinski definition) is 3. The Bertz CT molecular complexity index is 421. The molecule has 18 heavy (non-hydrogen) atoms. The lowest BCUT2D eigenvalue weighted by molar-refractivity contribution is 0.254. The van der Waals surface area contributed by atoms with Gasteiger partial charge in [-0.1, -0.05) is 12.8 Å². The largest absolute Gasteiger partial charge is 0.394 e. The topological polar surface area (TPSA) is 86.2 Å². The van der Waals surface area contributed by atoms with E-state index in [2.05, 4.69) is 9.88 Å². The highest BCUT2D eigenvalue weighted by molar-refractivity contribution is 5.99. The summed E-state index contributed by atoms with van der Waals surface area (Å²) in [6.07, 6.45) is 6.06. The van der Waals surface area contributed by atoms with Crippen LogP contribution < -0.4 is 10.6 Å². The molecule has 1 saturated heterocycles. The highest BCUT2D eigenvalue weighted by atomic mass is 16.3. The second-order valence-corrected chi connectivity index (χ2v) is 4.67. The number of aliphatic hydroxyl groups is 1. The van der Waals surface area contributed by atoms with Crippen molar-refractivity contribution in [3.8, 4) is 0 Å². The SMILES string of the molecule is N=C(N)c1cccnc1N1CCCCCC1CO. The molecule has 2 rings (SSSR count). The molecule has 1 fully saturated rings. The van der Waals surface area contributed by atoms with Crippen molar-refractivity contribution in [1.82, 2.24) is 4.98 Å². The summed E-state index contributed by atoms with van der Waals surface area (Å²) < 4.78 is 0. The molecular formula is C13H20N4O. The van der Waals surface area contributed by atoms with E-state index in [0.29, 0.717) is 5.56 Å². The number of rotatable bonds is 3. The predicted molar refractivity (Wildman–Crippen MR) is 71.9 cm³/mol. The van der Waals surface area contributed by atoms with E-state index in [9.17, 15) is 5.11 Å². The molecule has 98 valence electrons. The van der Waals surface area contributed by atoms with Crippen molar-refractivity contribution in [2.75, 3.05) is 18.1 Å². The number of nitrogens with zero attached hydrogens (tertiary/aromatic N) is 2. The van der Waals surface area contributed by atoms with Gasteiger partial charge in [0.25, 0.3) is 0 Å². The molecule has 1 atom stereocenters. The van der Waals surface area contributed by atoms with Gasteiger partial charge in [-0.3, -0.25) is 5.41 Å². The molecule has 0 radical (unpaired) electrons. The van der Waals surface area contributed by atoms with Crippen LogP contribution in [0.5, 0.6) is 0 Å². The predicted octanol–water partition coefficient (Wildman–Crippen LogP) is 1.11. The lowest BCUT2D eigenvalue weighted by Crippen LogP contribution is -2.39. The third-order valence-corrected chi connectivity index (χ3v) is 3.44. The Kier molecular flexibility index (Phi) is 4.15. The van der Waals surface area contributed by atoms with Crippen LogP contribution >= 0.6 is 0 Å². The fourth-order valence-corrected chi connectivity index (χ4v) is 2.48. The normalized spacial score (nSPS) is 20.5. The third kappa shape index (κ3) is 2.61. The zero-order valence-corrected chi connectivity index (χ0v) is 10.5. The smallest absolute Gasteiger partial charge is 0.139 e.